The Morgan fingerprint density at radius 2 is 1.56 bits per heavy atom. The van der Waals surface area contributed by atoms with E-state index in [-0.39, 0.29) is 28.8 Å². The molecule has 0 aliphatic rings. The van der Waals surface area contributed by atoms with Crippen LogP contribution in [-0.2, 0) is 9.59 Å². The van der Waals surface area contributed by atoms with Crippen molar-refractivity contribution in [2.45, 2.75) is 20.8 Å². The molecule has 0 atom stereocenters. The lowest BCUT2D eigenvalue weighted by Crippen LogP contribution is -2.05. The number of nitrogens with one attached hydrogen (secondary N) is 3. The molecule has 0 aliphatic heterocycles. The molecule has 3 rings (SSSR count). The van der Waals surface area contributed by atoms with Gasteiger partial charge in [-0.2, -0.15) is 0 Å². The van der Waals surface area contributed by atoms with Gasteiger partial charge in [-0.05, 0) is 31.2 Å². The highest BCUT2D eigenvalue weighted by atomic mass is 79.9. The van der Waals surface area contributed by atoms with Crippen molar-refractivity contribution in [3.8, 4) is 10.6 Å². The van der Waals surface area contributed by atoms with Crippen LogP contribution < -0.4 is 16.0 Å². The first kappa shape index (κ1) is 21.0. The van der Waals surface area contributed by atoms with E-state index in [1.54, 1.807) is 0 Å². The zero-order valence-electron chi connectivity index (χ0n) is 14.8. The highest BCUT2D eigenvalue weighted by Gasteiger charge is 2.14. The van der Waals surface area contributed by atoms with Crippen molar-refractivity contribution < 1.29 is 9.59 Å². The molecule has 0 saturated carbocycles. The van der Waals surface area contributed by atoms with Crippen LogP contribution in [0.15, 0.2) is 29.6 Å². The fourth-order valence-electron chi connectivity index (χ4n) is 2.24. The van der Waals surface area contributed by atoms with E-state index in [4.69, 9.17) is 0 Å². The van der Waals surface area contributed by atoms with E-state index in [9.17, 15) is 9.59 Å². The largest absolute Gasteiger partial charge is 0.332 e. The molecule has 7 nitrogen and oxygen atoms in total. The number of nitrogens with zero attached hydrogens (tertiary/aromatic N) is 2. The fourth-order valence-corrected chi connectivity index (χ4v) is 4.01. The minimum atomic E-state index is -0.145. The van der Waals surface area contributed by atoms with Gasteiger partial charge < -0.3 is 16.0 Å². The van der Waals surface area contributed by atoms with E-state index in [1.807, 2.05) is 36.6 Å². The maximum atomic E-state index is 11.2. The molecule has 142 valence electrons. The number of thiazole rings is 2. The van der Waals surface area contributed by atoms with Gasteiger partial charge in [0.2, 0.25) is 11.8 Å². The second kappa shape index (κ2) is 9.07. The summed E-state index contributed by atoms with van der Waals surface area (Å²) in [7, 11) is 0. The van der Waals surface area contributed by atoms with Crippen molar-refractivity contribution in [2.75, 3.05) is 16.0 Å². The summed E-state index contributed by atoms with van der Waals surface area (Å²) < 4.78 is 0. The summed E-state index contributed by atoms with van der Waals surface area (Å²) in [5, 5.41) is 11.9. The molecule has 2 heterocycles. The van der Waals surface area contributed by atoms with E-state index in [2.05, 4.69) is 25.9 Å². The number of benzene rings is 1. The third kappa shape index (κ3) is 5.59. The Labute approximate surface area is 175 Å². The number of carbonyl (C=O) groups is 2. The molecule has 0 unspecified atom stereocenters. The van der Waals surface area contributed by atoms with Crippen molar-refractivity contribution >= 4 is 73.1 Å². The molecule has 10 heteroatoms. The second-order valence-corrected chi connectivity index (χ2v) is 7.39. The van der Waals surface area contributed by atoms with E-state index in [1.165, 1.54) is 36.5 Å². The molecule has 0 bridgehead atoms. The molecular weight excluding hydrogens is 450 g/mol. The SMILES string of the molecule is Br.CC(=O)Nc1ccc(Nc2nc(-c3sc(NC(C)=O)nc3C)cs2)cc1. The quantitative estimate of drug-likeness (QED) is 0.499. The number of aromatic nitrogens is 2. The Kier molecular flexibility index (Phi) is 7.05. The summed E-state index contributed by atoms with van der Waals surface area (Å²) in [5.74, 6) is -0.248. The van der Waals surface area contributed by atoms with Crippen LogP contribution in [0.4, 0.5) is 21.6 Å². The Balaban J connectivity index is 0.00000261. The Hall–Kier alpha value is -2.30. The number of amides is 2. The number of aryl methyl sites for hydroxylation is 1. The number of carbonyl (C=O) groups excluding carboxylic acids is 2. The van der Waals surface area contributed by atoms with Gasteiger partial charge in [-0.3, -0.25) is 9.59 Å². The monoisotopic (exact) mass is 467 g/mol. The van der Waals surface area contributed by atoms with Crippen LogP contribution in [0.2, 0.25) is 0 Å². The molecule has 3 aromatic rings. The summed E-state index contributed by atoms with van der Waals surface area (Å²) >= 11 is 2.89. The molecule has 2 aromatic heterocycles. The first-order valence-electron chi connectivity index (χ1n) is 7.76. The molecular formula is C17H18BrN5O2S2. The van der Waals surface area contributed by atoms with Gasteiger partial charge in [0.25, 0.3) is 0 Å². The molecule has 2 amide bonds. The molecule has 1 aromatic carbocycles. The van der Waals surface area contributed by atoms with Crippen molar-refractivity contribution in [3.05, 3.63) is 35.3 Å². The van der Waals surface area contributed by atoms with Crippen LogP contribution in [0, 0.1) is 6.92 Å². The average Bonchev–Trinajstić information content (AvgIpc) is 3.14. The van der Waals surface area contributed by atoms with Gasteiger partial charge in [-0.25, -0.2) is 9.97 Å². The molecule has 3 N–H and O–H groups in total. The number of halogens is 1. The summed E-state index contributed by atoms with van der Waals surface area (Å²) in [6.45, 7) is 4.82. The predicted octanol–water partition coefficient (Wildman–Crippen LogP) is 4.81. The molecule has 0 radical (unpaired) electrons. The third-order valence-corrected chi connectivity index (χ3v) is 5.13. The summed E-state index contributed by atoms with van der Waals surface area (Å²) in [5.41, 5.74) is 3.27. The zero-order chi connectivity index (χ0) is 18.7. The summed E-state index contributed by atoms with van der Waals surface area (Å²) in [6, 6.07) is 7.40. The summed E-state index contributed by atoms with van der Waals surface area (Å²) in [6.07, 6.45) is 0. The molecule has 0 saturated heterocycles. The van der Waals surface area contributed by atoms with E-state index < -0.39 is 0 Å². The lowest BCUT2D eigenvalue weighted by Gasteiger charge is -2.05. The van der Waals surface area contributed by atoms with Crippen molar-refractivity contribution in [2.24, 2.45) is 0 Å². The van der Waals surface area contributed by atoms with Gasteiger partial charge in [0.1, 0.15) is 0 Å². The van der Waals surface area contributed by atoms with E-state index >= 15 is 0 Å². The van der Waals surface area contributed by atoms with Gasteiger partial charge in [0, 0.05) is 30.6 Å². The average molecular weight is 468 g/mol. The van der Waals surface area contributed by atoms with Crippen molar-refractivity contribution in [3.63, 3.8) is 0 Å². The Bertz CT molecular complexity index is 953. The van der Waals surface area contributed by atoms with Gasteiger partial charge in [0.05, 0.1) is 16.3 Å². The first-order chi connectivity index (χ1) is 12.4. The van der Waals surface area contributed by atoms with Crippen LogP contribution >= 0.6 is 39.7 Å². The topological polar surface area (TPSA) is 96.0 Å². The molecule has 27 heavy (non-hydrogen) atoms. The lowest BCUT2D eigenvalue weighted by atomic mass is 10.3. The van der Waals surface area contributed by atoms with Crippen LogP contribution in [0.25, 0.3) is 10.6 Å². The third-order valence-electron chi connectivity index (χ3n) is 3.27. The molecule has 0 spiro atoms. The van der Waals surface area contributed by atoms with Gasteiger partial charge in [-0.15, -0.1) is 28.3 Å². The van der Waals surface area contributed by atoms with Crippen LogP contribution in [-0.4, -0.2) is 21.8 Å². The van der Waals surface area contributed by atoms with Crippen molar-refractivity contribution in [1.82, 2.24) is 9.97 Å². The molecule has 0 fully saturated rings. The van der Waals surface area contributed by atoms with Crippen LogP contribution in [0.5, 0.6) is 0 Å². The summed E-state index contributed by atoms with van der Waals surface area (Å²) in [4.78, 5) is 32.1. The standard InChI is InChI=1S/C17H17N5O2S2.BrH/c1-9-15(26-17(18-9)20-11(3)24)14-8-25-16(22-14)21-13-6-4-12(5-7-13)19-10(2)23;/h4-8H,1-3H3,(H,19,23)(H,21,22)(H,18,20,24);1H. The van der Waals surface area contributed by atoms with E-state index in [0.29, 0.717) is 5.13 Å². The highest BCUT2D eigenvalue weighted by molar-refractivity contribution is 8.93. The number of hydrogen-bond acceptors (Lipinski definition) is 7. The minimum absolute atomic E-state index is 0. The van der Waals surface area contributed by atoms with Gasteiger partial charge >= 0.3 is 0 Å². The van der Waals surface area contributed by atoms with Gasteiger partial charge in [-0.1, -0.05) is 11.3 Å². The lowest BCUT2D eigenvalue weighted by molar-refractivity contribution is -0.115. The normalized spacial score (nSPS) is 10.0. The Morgan fingerprint density at radius 3 is 2.19 bits per heavy atom. The fraction of sp³-hybridized carbons (Fsp3) is 0.176. The highest BCUT2D eigenvalue weighted by Crippen LogP contribution is 2.35. The minimum Gasteiger partial charge on any atom is -0.332 e. The Morgan fingerprint density at radius 1 is 0.926 bits per heavy atom. The smallest absolute Gasteiger partial charge is 0.223 e. The maximum Gasteiger partial charge on any atom is 0.223 e. The van der Waals surface area contributed by atoms with E-state index in [0.717, 1.165) is 32.8 Å². The number of rotatable bonds is 5. The first-order valence-corrected chi connectivity index (χ1v) is 9.46. The predicted molar refractivity (Wildman–Crippen MR) is 117 cm³/mol. The van der Waals surface area contributed by atoms with Crippen LogP contribution in [0.1, 0.15) is 19.5 Å². The number of hydrogen-bond donors (Lipinski definition) is 3. The zero-order valence-corrected chi connectivity index (χ0v) is 18.2. The van der Waals surface area contributed by atoms with Crippen LogP contribution in [0.3, 0.4) is 0 Å². The number of anilines is 4. The van der Waals surface area contributed by atoms with Crippen molar-refractivity contribution in [1.29, 1.82) is 0 Å². The molecule has 0 aliphatic carbocycles. The maximum absolute atomic E-state index is 11.2. The second-order valence-electron chi connectivity index (χ2n) is 5.54. The van der Waals surface area contributed by atoms with Gasteiger partial charge in [0.15, 0.2) is 10.3 Å².